The first-order valence-corrected chi connectivity index (χ1v) is 9.90. The summed E-state index contributed by atoms with van der Waals surface area (Å²) in [5.74, 6) is 0.206. The highest BCUT2D eigenvalue weighted by molar-refractivity contribution is 6.32. The van der Waals surface area contributed by atoms with Crippen molar-refractivity contribution in [2.75, 3.05) is 0 Å². The number of ketones is 1. The monoisotopic (exact) mass is 423 g/mol. The zero-order valence-electron chi connectivity index (χ0n) is 16.5. The molecule has 0 saturated carbocycles. The fraction of sp³-hybridized carbons (Fsp3) is 0.227. The molecule has 0 amide bonds. The van der Waals surface area contributed by atoms with Crippen LogP contribution in [0.2, 0.25) is 5.02 Å². The molecule has 3 aromatic heterocycles. The van der Waals surface area contributed by atoms with Crippen LogP contribution >= 0.6 is 11.6 Å². The quantitative estimate of drug-likeness (QED) is 0.457. The van der Waals surface area contributed by atoms with Crippen LogP contribution in [-0.2, 0) is 17.6 Å². The molecule has 0 aliphatic heterocycles. The predicted molar refractivity (Wildman–Crippen MR) is 112 cm³/mol. The highest BCUT2D eigenvalue weighted by atomic mass is 35.5. The van der Waals surface area contributed by atoms with Gasteiger partial charge in [-0.05, 0) is 46.9 Å². The Morgan fingerprint density at radius 3 is 2.57 bits per heavy atom. The summed E-state index contributed by atoms with van der Waals surface area (Å²) in [7, 11) is 0. The molecule has 3 heterocycles. The smallest absolute Gasteiger partial charge is 0.193 e. The van der Waals surface area contributed by atoms with E-state index in [4.69, 9.17) is 11.6 Å². The van der Waals surface area contributed by atoms with E-state index in [1.54, 1.807) is 24.5 Å². The molecule has 0 spiro atoms. The van der Waals surface area contributed by atoms with Gasteiger partial charge in [-0.25, -0.2) is 9.37 Å². The number of aromatic nitrogens is 5. The second kappa shape index (κ2) is 8.28. The number of carbonyl (C=O) groups excluding carboxylic acids is 1. The van der Waals surface area contributed by atoms with Gasteiger partial charge in [0, 0.05) is 30.6 Å². The van der Waals surface area contributed by atoms with E-state index in [9.17, 15) is 9.18 Å². The second-order valence-corrected chi connectivity index (χ2v) is 7.78. The summed E-state index contributed by atoms with van der Waals surface area (Å²) in [5, 5.41) is 9.13. The summed E-state index contributed by atoms with van der Waals surface area (Å²) in [5.41, 5.74) is 3.18. The van der Waals surface area contributed by atoms with Crippen molar-refractivity contribution >= 4 is 28.3 Å². The van der Waals surface area contributed by atoms with Gasteiger partial charge in [-0.2, -0.15) is 10.2 Å². The van der Waals surface area contributed by atoms with E-state index in [1.165, 1.54) is 29.3 Å². The van der Waals surface area contributed by atoms with Gasteiger partial charge in [0.1, 0.15) is 11.6 Å². The zero-order valence-corrected chi connectivity index (χ0v) is 17.3. The minimum absolute atomic E-state index is 0.00251. The Bertz CT molecular complexity index is 1220. The number of hydrogen-bond acceptors (Lipinski definition) is 5. The average Bonchev–Trinajstić information content (AvgIpc) is 3.21. The number of carbonyl (C=O) groups is 1. The molecule has 4 aromatic rings. The number of pyridine rings is 2. The van der Waals surface area contributed by atoms with E-state index in [1.807, 2.05) is 13.8 Å². The van der Waals surface area contributed by atoms with Gasteiger partial charge in [0.2, 0.25) is 0 Å². The molecule has 0 saturated heterocycles. The van der Waals surface area contributed by atoms with Crippen molar-refractivity contribution in [1.82, 2.24) is 25.0 Å². The minimum Gasteiger partial charge on any atom is -0.299 e. The molecule has 0 bridgehead atoms. The lowest BCUT2D eigenvalue weighted by Crippen LogP contribution is -2.11. The van der Waals surface area contributed by atoms with Crippen molar-refractivity contribution in [2.24, 2.45) is 0 Å². The standard InChI is InChI=1S/C22H19ClFN5O/c1-13(2)21-15(12-25-20-4-3-16(24)10-18(20)21)9-17(30)7-14-8-19(23)22(26-11-14)29-27-5-6-28-29/h3-6,8,10-13H,7,9H2,1-2H3. The van der Waals surface area contributed by atoms with Gasteiger partial charge in [-0.1, -0.05) is 25.4 Å². The minimum atomic E-state index is -0.317. The topological polar surface area (TPSA) is 73.6 Å². The van der Waals surface area contributed by atoms with Gasteiger partial charge in [-0.3, -0.25) is 9.78 Å². The number of hydrogen-bond donors (Lipinski definition) is 0. The molecule has 0 radical (unpaired) electrons. The second-order valence-electron chi connectivity index (χ2n) is 7.37. The van der Waals surface area contributed by atoms with Crippen LogP contribution in [-0.4, -0.2) is 30.7 Å². The lowest BCUT2D eigenvalue weighted by atomic mass is 9.91. The number of rotatable bonds is 6. The van der Waals surface area contributed by atoms with Crippen molar-refractivity contribution in [3.05, 3.63) is 76.6 Å². The van der Waals surface area contributed by atoms with E-state index in [-0.39, 0.29) is 30.4 Å². The predicted octanol–water partition coefficient (Wildman–Crippen LogP) is 4.48. The van der Waals surface area contributed by atoms with Crippen LogP contribution in [0.1, 0.15) is 36.5 Å². The maximum absolute atomic E-state index is 13.8. The van der Waals surface area contributed by atoms with E-state index in [2.05, 4.69) is 20.2 Å². The molecule has 30 heavy (non-hydrogen) atoms. The SMILES string of the molecule is CC(C)c1c(CC(=O)Cc2cnc(-n3nccn3)c(Cl)c2)cnc2ccc(F)cc12. The summed E-state index contributed by atoms with van der Waals surface area (Å²) < 4.78 is 13.8. The van der Waals surface area contributed by atoms with Crippen molar-refractivity contribution in [3.8, 4) is 5.82 Å². The number of benzene rings is 1. The van der Waals surface area contributed by atoms with Crippen LogP contribution < -0.4 is 0 Å². The van der Waals surface area contributed by atoms with Crippen LogP contribution in [0.4, 0.5) is 4.39 Å². The molecule has 0 fully saturated rings. The average molecular weight is 424 g/mol. The molecule has 0 aliphatic carbocycles. The van der Waals surface area contributed by atoms with E-state index >= 15 is 0 Å². The van der Waals surface area contributed by atoms with Gasteiger partial charge >= 0.3 is 0 Å². The Labute approximate surface area is 177 Å². The lowest BCUT2D eigenvalue weighted by molar-refractivity contribution is -0.117. The molecule has 0 unspecified atom stereocenters. The molecule has 0 atom stereocenters. The molecule has 4 rings (SSSR count). The molecule has 8 heteroatoms. The third-order valence-electron chi connectivity index (χ3n) is 4.81. The molecular formula is C22H19ClFN5O. The van der Waals surface area contributed by atoms with Crippen LogP contribution in [0.25, 0.3) is 16.7 Å². The normalized spacial score (nSPS) is 11.4. The first kappa shape index (κ1) is 20.1. The highest BCUT2D eigenvalue weighted by Gasteiger charge is 2.17. The Hall–Kier alpha value is -3.19. The summed E-state index contributed by atoms with van der Waals surface area (Å²) in [6, 6.07) is 6.23. The van der Waals surface area contributed by atoms with Crippen LogP contribution in [0.15, 0.2) is 49.1 Å². The van der Waals surface area contributed by atoms with Gasteiger partial charge in [-0.15, -0.1) is 4.80 Å². The van der Waals surface area contributed by atoms with Crippen molar-refractivity contribution < 1.29 is 9.18 Å². The molecule has 6 nitrogen and oxygen atoms in total. The molecule has 152 valence electrons. The maximum atomic E-state index is 13.8. The number of halogens is 2. The number of nitrogens with zero attached hydrogens (tertiary/aromatic N) is 5. The Morgan fingerprint density at radius 2 is 1.87 bits per heavy atom. The van der Waals surface area contributed by atoms with Gasteiger partial charge in [0.25, 0.3) is 0 Å². The number of Topliss-reactive ketones (excluding diaryl/α,β-unsaturated/α-hetero) is 1. The first-order valence-electron chi connectivity index (χ1n) is 9.52. The van der Waals surface area contributed by atoms with E-state index in [0.29, 0.717) is 16.4 Å². The van der Waals surface area contributed by atoms with Crippen molar-refractivity contribution in [3.63, 3.8) is 0 Å². The van der Waals surface area contributed by atoms with Gasteiger partial charge < -0.3 is 0 Å². The zero-order chi connectivity index (χ0) is 21.3. The Kier molecular flexibility index (Phi) is 5.55. The lowest BCUT2D eigenvalue weighted by Gasteiger charge is -2.15. The fourth-order valence-electron chi connectivity index (χ4n) is 3.59. The Morgan fingerprint density at radius 1 is 1.10 bits per heavy atom. The van der Waals surface area contributed by atoms with Crippen molar-refractivity contribution in [2.45, 2.75) is 32.6 Å². The summed E-state index contributed by atoms with van der Waals surface area (Å²) in [6.45, 7) is 4.05. The van der Waals surface area contributed by atoms with Gasteiger partial charge in [0.15, 0.2) is 5.82 Å². The van der Waals surface area contributed by atoms with Crippen LogP contribution in [0.3, 0.4) is 0 Å². The fourth-order valence-corrected chi connectivity index (χ4v) is 3.86. The van der Waals surface area contributed by atoms with E-state index < -0.39 is 0 Å². The Balaban J connectivity index is 1.58. The van der Waals surface area contributed by atoms with Gasteiger partial charge in [0.05, 0.1) is 22.9 Å². The molecule has 0 aliphatic rings. The third-order valence-corrected chi connectivity index (χ3v) is 5.09. The summed E-state index contributed by atoms with van der Waals surface area (Å²) in [6.07, 6.45) is 6.76. The first-order chi connectivity index (χ1) is 14.4. The largest absolute Gasteiger partial charge is 0.299 e. The summed E-state index contributed by atoms with van der Waals surface area (Å²) >= 11 is 6.29. The van der Waals surface area contributed by atoms with Crippen molar-refractivity contribution in [1.29, 1.82) is 0 Å². The van der Waals surface area contributed by atoms with Crippen LogP contribution in [0.5, 0.6) is 0 Å². The molecular weight excluding hydrogens is 405 g/mol. The van der Waals surface area contributed by atoms with Crippen LogP contribution in [0, 0.1) is 5.82 Å². The van der Waals surface area contributed by atoms with E-state index in [0.717, 1.165) is 22.0 Å². The third kappa shape index (κ3) is 4.07. The highest BCUT2D eigenvalue weighted by Crippen LogP contribution is 2.29. The molecule has 0 N–H and O–H groups in total. The number of fused-ring (bicyclic) bond motifs is 1. The maximum Gasteiger partial charge on any atom is 0.193 e. The molecule has 1 aromatic carbocycles. The summed E-state index contributed by atoms with van der Waals surface area (Å²) in [4.78, 5) is 22.8.